The van der Waals surface area contributed by atoms with E-state index in [0.29, 0.717) is 5.88 Å². The number of alkyl halides is 1. The molecule has 0 amide bonds. The predicted molar refractivity (Wildman–Crippen MR) is 69.8 cm³/mol. The molecule has 0 unspecified atom stereocenters. The van der Waals surface area contributed by atoms with Crippen molar-refractivity contribution >= 4 is 11.6 Å². The first-order valence-electron chi connectivity index (χ1n) is 5.44. The van der Waals surface area contributed by atoms with E-state index in [4.69, 9.17) is 16.3 Å². The first-order valence-corrected chi connectivity index (χ1v) is 5.98. The van der Waals surface area contributed by atoms with Crippen molar-refractivity contribution in [3.05, 3.63) is 53.3 Å². The Morgan fingerprint density at radius 2 is 2.00 bits per heavy atom. The first kappa shape index (κ1) is 11.9. The standard InChI is InChI=1S/C14H14ClNO/c1-10-3-4-11(2)13(7-10)17-14-9-16-6-5-12(14)8-15/h3-7,9H,8H2,1-2H3. The van der Waals surface area contributed by atoms with Gasteiger partial charge in [-0.2, -0.15) is 0 Å². The number of pyridine rings is 1. The molecule has 1 heterocycles. The minimum atomic E-state index is 0.419. The zero-order valence-corrected chi connectivity index (χ0v) is 10.7. The summed E-state index contributed by atoms with van der Waals surface area (Å²) in [4.78, 5) is 4.06. The topological polar surface area (TPSA) is 22.1 Å². The third kappa shape index (κ3) is 2.77. The molecule has 0 spiro atoms. The van der Waals surface area contributed by atoms with Gasteiger partial charge >= 0.3 is 0 Å². The highest BCUT2D eigenvalue weighted by Gasteiger charge is 2.06. The van der Waals surface area contributed by atoms with E-state index in [2.05, 4.69) is 11.1 Å². The van der Waals surface area contributed by atoms with E-state index in [1.165, 1.54) is 5.56 Å². The third-order valence-electron chi connectivity index (χ3n) is 2.58. The lowest BCUT2D eigenvalue weighted by Crippen LogP contribution is -1.93. The molecule has 2 nitrogen and oxygen atoms in total. The molecule has 1 aromatic carbocycles. The number of nitrogens with zero attached hydrogens (tertiary/aromatic N) is 1. The number of rotatable bonds is 3. The molecule has 17 heavy (non-hydrogen) atoms. The van der Waals surface area contributed by atoms with Gasteiger partial charge in [-0.25, -0.2) is 0 Å². The molecule has 88 valence electrons. The van der Waals surface area contributed by atoms with Crippen molar-refractivity contribution in [1.29, 1.82) is 0 Å². The molecule has 0 radical (unpaired) electrons. The number of halogens is 1. The smallest absolute Gasteiger partial charge is 0.150 e. The molecule has 2 rings (SSSR count). The van der Waals surface area contributed by atoms with Crippen LogP contribution in [0.3, 0.4) is 0 Å². The first-order chi connectivity index (χ1) is 8.20. The molecule has 0 N–H and O–H groups in total. The lowest BCUT2D eigenvalue weighted by atomic mass is 10.1. The van der Waals surface area contributed by atoms with Crippen LogP contribution in [-0.4, -0.2) is 4.98 Å². The van der Waals surface area contributed by atoms with Gasteiger partial charge in [0.1, 0.15) is 11.5 Å². The van der Waals surface area contributed by atoms with E-state index in [-0.39, 0.29) is 0 Å². The highest BCUT2D eigenvalue weighted by atomic mass is 35.5. The highest BCUT2D eigenvalue weighted by Crippen LogP contribution is 2.28. The Morgan fingerprint density at radius 1 is 1.18 bits per heavy atom. The summed E-state index contributed by atoms with van der Waals surface area (Å²) in [6, 6.07) is 7.99. The average Bonchev–Trinajstić information content (AvgIpc) is 2.34. The van der Waals surface area contributed by atoms with Crippen LogP contribution in [0.5, 0.6) is 11.5 Å². The summed E-state index contributed by atoms with van der Waals surface area (Å²) in [6.45, 7) is 4.06. The van der Waals surface area contributed by atoms with E-state index >= 15 is 0 Å². The van der Waals surface area contributed by atoms with Crippen molar-refractivity contribution in [2.45, 2.75) is 19.7 Å². The minimum absolute atomic E-state index is 0.419. The predicted octanol–water partition coefficient (Wildman–Crippen LogP) is 4.23. The van der Waals surface area contributed by atoms with Gasteiger partial charge in [-0.05, 0) is 37.1 Å². The summed E-state index contributed by atoms with van der Waals surface area (Å²) >= 11 is 5.86. The average molecular weight is 248 g/mol. The summed E-state index contributed by atoms with van der Waals surface area (Å²) in [5.41, 5.74) is 3.21. The third-order valence-corrected chi connectivity index (χ3v) is 2.87. The Morgan fingerprint density at radius 3 is 2.76 bits per heavy atom. The number of hydrogen-bond donors (Lipinski definition) is 0. The SMILES string of the molecule is Cc1ccc(C)c(Oc2cnccc2CCl)c1. The second kappa shape index (κ2) is 5.19. The van der Waals surface area contributed by atoms with Crippen LogP contribution < -0.4 is 4.74 Å². The van der Waals surface area contributed by atoms with Crippen molar-refractivity contribution < 1.29 is 4.74 Å². The fourth-order valence-corrected chi connectivity index (χ4v) is 1.77. The van der Waals surface area contributed by atoms with E-state index in [1.54, 1.807) is 12.4 Å². The number of ether oxygens (including phenoxy) is 1. The maximum Gasteiger partial charge on any atom is 0.150 e. The molecular weight excluding hydrogens is 234 g/mol. The Balaban J connectivity index is 2.34. The number of hydrogen-bond acceptors (Lipinski definition) is 2. The fourth-order valence-electron chi connectivity index (χ4n) is 1.55. The quantitative estimate of drug-likeness (QED) is 0.758. The lowest BCUT2D eigenvalue weighted by molar-refractivity contribution is 0.472. The Bertz CT molecular complexity index is 525. The van der Waals surface area contributed by atoms with Crippen molar-refractivity contribution in [3.63, 3.8) is 0 Å². The highest BCUT2D eigenvalue weighted by molar-refractivity contribution is 6.17. The summed E-state index contributed by atoms with van der Waals surface area (Å²) < 4.78 is 5.87. The number of aryl methyl sites for hydroxylation is 2. The lowest BCUT2D eigenvalue weighted by Gasteiger charge is -2.11. The molecule has 1 aromatic heterocycles. The van der Waals surface area contributed by atoms with Gasteiger partial charge in [-0.3, -0.25) is 4.98 Å². The van der Waals surface area contributed by atoms with Crippen LogP contribution in [0.25, 0.3) is 0 Å². The van der Waals surface area contributed by atoms with Gasteiger partial charge in [0.05, 0.1) is 12.1 Å². The molecule has 0 atom stereocenters. The van der Waals surface area contributed by atoms with Crippen LogP contribution in [-0.2, 0) is 5.88 Å². The zero-order valence-electron chi connectivity index (χ0n) is 9.90. The monoisotopic (exact) mass is 247 g/mol. The van der Waals surface area contributed by atoms with Crippen LogP contribution in [0.2, 0.25) is 0 Å². The molecule has 0 aliphatic carbocycles. The maximum atomic E-state index is 5.87. The van der Waals surface area contributed by atoms with Gasteiger partial charge in [0, 0.05) is 11.8 Å². The summed E-state index contributed by atoms with van der Waals surface area (Å²) in [7, 11) is 0. The number of benzene rings is 1. The molecule has 0 saturated carbocycles. The molecule has 0 aliphatic rings. The van der Waals surface area contributed by atoms with Gasteiger partial charge in [0.15, 0.2) is 0 Å². The molecule has 0 bridgehead atoms. The van der Waals surface area contributed by atoms with Crippen LogP contribution in [0.15, 0.2) is 36.7 Å². The minimum Gasteiger partial charge on any atom is -0.455 e. The second-order valence-corrected chi connectivity index (χ2v) is 4.26. The molecule has 0 fully saturated rings. The van der Waals surface area contributed by atoms with Crippen LogP contribution in [0.1, 0.15) is 16.7 Å². The van der Waals surface area contributed by atoms with Crippen molar-refractivity contribution in [3.8, 4) is 11.5 Å². The van der Waals surface area contributed by atoms with Gasteiger partial charge in [-0.1, -0.05) is 12.1 Å². The summed E-state index contributed by atoms with van der Waals surface area (Å²) in [5, 5.41) is 0. The van der Waals surface area contributed by atoms with Crippen molar-refractivity contribution in [2.75, 3.05) is 0 Å². The van der Waals surface area contributed by atoms with Crippen molar-refractivity contribution in [2.24, 2.45) is 0 Å². The summed E-state index contributed by atoms with van der Waals surface area (Å²) in [6.07, 6.45) is 3.41. The normalized spacial score (nSPS) is 10.3. The van der Waals surface area contributed by atoms with Crippen LogP contribution in [0.4, 0.5) is 0 Å². The summed E-state index contributed by atoms with van der Waals surface area (Å²) in [5.74, 6) is 1.99. The molecule has 0 saturated heterocycles. The molecule has 0 aliphatic heterocycles. The molecule has 2 aromatic rings. The van der Waals surface area contributed by atoms with E-state index in [1.807, 2.05) is 32.0 Å². The van der Waals surface area contributed by atoms with Gasteiger partial charge in [-0.15, -0.1) is 11.6 Å². The fraction of sp³-hybridized carbons (Fsp3) is 0.214. The van der Waals surface area contributed by atoms with Crippen molar-refractivity contribution in [1.82, 2.24) is 4.98 Å². The second-order valence-electron chi connectivity index (χ2n) is 3.99. The zero-order chi connectivity index (χ0) is 12.3. The maximum absolute atomic E-state index is 5.87. The Kier molecular flexibility index (Phi) is 3.64. The van der Waals surface area contributed by atoms with Gasteiger partial charge in [0.25, 0.3) is 0 Å². The Labute approximate surface area is 106 Å². The van der Waals surface area contributed by atoms with Gasteiger partial charge in [0.2, 0.25) is 0 Å². The largest absolute Gasteiger partial charge is 0.455 e. The van der Waals surface area contributed by atoms with E-state index < -0.39 is 0 Å². The van der Waals surface area contributed by atoms with Gasteiger partial charge < -0.3 is 4.74 Å². The van der Waals surface area contributed by atoms with Crippen LogP contribution >= 0.6 is 11.6 Å². The molecule has 3 heteroatoms. The van der Waals surface area contributed by atoms with E-state index in [0.717, 1.165) is 22.6 Å². The van der Waals surface area contributed by atoms with Crippen LogP contribution in [0, 0.1) is 13.8 Å². The molecular formula is C14H14ClNO. The number of aromatic nitrogens is 1. The van der Waals surface area contributed by atoms with E-state index in [9.17, 15) is 0 Å². The Hall–Kier alpha value is -1.54.